The standard InChI is InChI=1S/C56H34/c1-3-11-39-33-41(23-21-35(39)9-1)43-13-5-17-47-45(43)15-7-19-49(47)51-29-25-37-28-32-54-52(30-26-38-27-31-53(51)55(37)56(38)54)50-20-8-16-46-44(14-6-18-48(46)50)42-24-22-36-10-2-4-12-40(36)34-42/h1-34H/i25D,26D,27D,28D,29D,30D,31D,32D. The van der Waals surface area contributed by atoms with Crippen LogP contribution >= 0.6 is 0 Å². The zero-order valence-corrected chi connectivity index (χ0v) is 30.0. The summed E-state index contributed by atoms with van der Waals surface area (Å²) in [5, 5.41) is 8.94. The van der Waals surface area contributed by atoms with Gasteiger partial charge in [-0.3, -0.25) is 0 Å². The van der Waals surface area contributed by atoms with Crippen molar-refractivity contribution in [2.75, 3.05) is 0 Å². The Morgan fingerprint density at radius 2 is 0.607 bits per heavy atom. The van der Waals surface area contributed by atoms with Crippen LogP contribution in [0.1, 0.15) is 11.0 Å². The van der Waals surface area contributed by atoms with Crippen molar-refractivity contribution >= 4 is 75.4 Å². The maximum Gasteiger partial charge on any atom is 0.0630 e. The Hall–Kier alpha value is -7.28. The fraction of sp³-hybridized carbons (Fsp3) is 0. The number of rotatable bonds is 4. The van der Waals surface area contributed by atoms with Gasteiger partial charge in [-0.05, 0) is 132 Å². The molecular weight excluding hydrogens is 673 g/mol. The van der Waals surface area contributed by atoms with Crippen molar-refractivity contribution in [3.8, 4) is 44.5 Å². The van der Waals surface area contributed by atoms with Crippen LogP contribution in [0.15, 0.2) is 206 Å². The smallest absolute Gasteiger partial charge is 0.0616 e. The van der Waals surface area contributed by atoms with E-state index in [0.717, 1.165) is 65.3 Å². The minimum Gasteiger partial charge on any atom is -0.0616 e. The predicted molar refractivity (Wildman–Crippen MR) is 242 cm³/mol. The van der Waals surface area contributed by atoms with E-state index in [9.17, 15) is 11.0 Å². The minimum atomic E-state index is -0.298. The summed E-state index contributed by atoms with van der Waals surface area (Å²) in [5.41, 5.74) is 5.75. The lowest BCUT2D eigenvalue weighted by Gasteiger charge is -2.18. The van der Waals surface area contributed by atoms with Gasteiger partial charge in [-0.1, -0.05) is 194 Å². The van der Waals surface area contributed by atoms with Gasteiger partial charge in [-0.25, -0.2) is 0 Å². The Balaban J connectivity index is 1.17. The molecule has 258 valence electrons. The quantitative estimate of drug-likeness (QED) is 0.159. The van der Waals surface area contributed by atoms with Crippen molar-refractivity contribution < 1.29 is 11.0 Å². The molecule has 0 saturated carbocycles. The van der Waals surface area contributed by atoms with Crippen LogP contribution in [0.5, 0.6) is 0 Å². The Kier molecular flexibility index (Phi) is 5.23. The van der Waals surface area contributed by atoms with Crippen LogP contribution in [0.2, 0.25) is 0 Å². The molecule has 0 aliphatic heterocycles. The molecule has 0 N–H and O–H groups in total. The van der Waals surface area contributed by atoms with Crippen molar-refractivity contribution in [1.82, 2.24) is 0 Å². The average molecular weight is 715 g/mol. The van der Waals surface area contributed by atoms with Crippen molar-refractivity contribution in [2.24, 2.45) is 0 Å². The molecule has 0 unspecified atom stereocenters. The molecule has 0 aliphatic rings. The molecule has 0 spiro atoms. The molecule has 0 fully saturated rings. The lowest BCUT2D eigenvalue weighted by atomic mass is 9.85. The predicted octanol–water partition coefficient (Wildman–Crippen LogP) is 15.9. The van der Waals surface area contributed by atoms with Gasteiger partial charge in [-0.15, -0.1) is 0 Å². The van der Waals surface area contributed by atoms with Crippen LogP contribution in [-0.4, -0.2) is 0 Å². The summed E-state index contributed by atoms with van der Waals surface area (Å²) >= 11 is 0. The van der Waals surface area contributed by atoms with Crippen molar-refractivity contribution in [2.45, 2.75) is 0 Å². The third-order valence-corrected chi connectivity index (χ3v) is 11.5. The van der Waals surface area contributed by atoms with Crippen LogP contribution in [0.25, 0.3) is 120 Å². The number of hydrogen-bond donors (Lipinski definition) is 0. The lowest BCUT2D eigenvalue weighted by molar-refractivity contribution is 1.66. The fourth-order valence-corrected chi connectivity index (χ4v) is 8.86. The van der Waals surface area contributed by atoms with Gasteiger partial charge >= 0.3 is 0 Å². The van der Waals surface area contributed by atoms with Gasteiger partial charge in [0, 0.05) is 0 Å². The van der Waals surface area contributed by atoms with E-state index in [1.54, 1.807) is 0 Å². The first kappa shape index (κ1) is 24.2. The molecule has 56 heavy (non-hydrogen) atoms. The van der Waals surface area contributed by atoms with Gasteiger partial charge in [0.2, 0.25) is 0 Å². The average Bonchev–Trinajstić information content (AvgIpc) is 3.32. The topological polar surface area (TPSA) is 0 Å². The fourth-order valence-electron chi connectivity index (χ4n) is 8.86. The van der Waals surface area contributed by atoms with E-state index < -0.39 is 0 Å². The second kappa shape index (κ2) is 12.1. The zero-order chi connectivity index (χ0) is 43.7. The van der Waals surface area contributed by atoms with Gasteiger partial charge in [0.05, 0.1) is 11.0 Å². The highest BCUT2D eigenvalue weighted by molar-refractivity contribution is 6.29. The number of hydrogen-bond acceptors (Lipinski definition) is 0. The maximum absolute atomic E-state index is 9.64. The van der Waals surface area contributed by atoms with E-state index in [1.807, 2.05) is 84.9 Å². The number of benzene rings is 12. The second-order valence-corrected chi connectivity index (χ2v) is 14.5. The highest BCUT2D eigenvalue weighted by atomic mass is 14.2. The van der Waals surface area contributed by atoms with Crippen molar-refractivity contribution in [3.63, 3.8) is 0 Å². The van der Waals surface area contributed by atoms with E-state index in [4.69, 9.17) is 0 Å². The van der Waals surface area contributed by atoms with Crippen LogP contribution in [0.4, 0.5) is 0 Å². The molecule has 0 saturated heterocycles. The Morgan fingerprint density at radius 1 is 0.232 bits per heavy atom. The molecular formula is C56H34. The van der Waals surface area contributed by atoms with Crippen LogP contribution < -0.4 is 0 Å². The van der Waals surface area contributed by atoms with Gasteiger partial charge in [0.15, 0.2) is 0 Å². The summed E-state index contributed by atoms with van der Waals surface area (Å²) < 4.78 is 76.7. The molecule has 0 nitrogen and oxygen atoms in total. The van der Waals surface area contributed by atoms with E-state index in [-0.39, 0.29) is 91.8 Å². The largest absolute Gasteiger partial charge is 0.0630 e. The summed E-state index contributed by atoms with van der Waals surface area (Å²) in [7, 11) is 0. The Labute approximate surface area is 336 Å². The summed E-state index contributed by atoms with van der Waals surface area (Å²) in [6.07, 6.45) is 0. The summed E-state index contributed by atoms with van der Waals surface area (Å²) in [5.74, 6) is 0. The molecule has 0 aromatic heterocycles. The third-order valence-electron chi connectivity index (χ3n) is 11.5. The van der Waals surface area contributed by atoms with E-state index in [1.165, 1.54) is 0 Å². The maximum atomic E-state index is 9.64. The molecule has 0 aliphatic carbocycles. The van der Waals surface area contributed by atoms with E-state index in [0.29, 0.717) is 11.1 Å². The minimum absolute atomic E-state index is 0.0245. The van der Waals surface area contributed by atoms with E-state index in [2.05, 4.69) is 72.8 Å². The summed E-state index contributed by atoms with van der Waals surface area (Å²) in [6.45, 7) is 0. The molecule has 0 heterocycles. The number of fused-ring (bicyclic) bond motifs is 4. The monoisotopic (exact) mass is 714 g/mol. The Morgan fingerprint density at radius 3 is 1.05 bits per heavy atom. The van der Waals surface area contributed by atoms with Crippen LogP contribution in [0, 0.1) is 0 Å². The van der Waals surface area contributed by atoms with Crippen LogP contribution in [0.3, 0.4) is 0 Å². The molecule has 12 aromatic rings. The van der Waals surface area contributed by atoms with Gasteiger partial charge in [-0.2, -0.15) is 0 Å². The zero-order valence-electron chi connectivity index (χ0n) is 38.0. The molecule has 0 radical (unpaired) electrons. The first-order valence-electron chi connectivity index (χ1n) is 22.9. The molecule has 0 amide bonds. The molecule has 0 bridgehead atoms. The van der Waals surface area contributed by atoms with Gasteiger partial charge < -0.3 is 0 Å². The van der Waals surface area contributed by atoms with E-state index >= 15 is 0 Å². The third kappa shape index (κ3) is 4.66. The van der Waals surface area contributed by atoms with Gasteiger partial charge in [0.25, 0.3) is 0 Å². The Bertz CT molecular complexity index is 3740. The highest BCUT2D eigenvalue weighted by Crippen LogP contribution is 2.46. The molecule has 12 aromatic carbocycles. The molecule has 0 heteroatoms. The lowest BCUT2D eigenvalue weighted by Crippen LogP contribution is -1.91. The SMILES string of the molecule is [2H]c1c([2H])c2c([2H])c([2H])c3c(-c4cccc5c(-c6ccc7ccccc7c6)cccc45)c([2H])c([2H])c4c([2H])c([2H])c(c1-c1cccc5c(-c6ccc7ccccc7c6)cccc15)c2c43. The first-order chi connectivity index (χ1) is 31.1. The highest BCUT2D eigenvalue weighted by Gasteiger charge is 2.18. The molecule has 0 atom stereocenters. The van der Waals surface area contributed by atoms with Crippen molar-refractivity contribution in [1.29, 1.82) is 0 Å². The van der Waals surface area contributed by atoms with Crippen LogP contribution in [-0.2, 0) is 0 Å². The second-order valence-electron chi connectivity index (χ2n) is 14.5. The van der Waals surface area contributed by atoms with Crippen molar-refractivity contribution in [3.05, 3.63) is 206 Å². The summed E-state index contributed by atoms with van der Waals surface area (Å²) in [6, 6.07) is 50.7. The first-order valence-corrected chi connectivity index (χ1v) is 18.9. The molecule has 12 rings (SSSR count). The normalized spacial score (nSPS) is 13.9. The summed E-state index contributed by atoms with van der Waals surface area (Å²) in [4.78, 5) is 0. The van der Waals surface area contributed by atoms with Gasteiger partial charge in [0.1, 0.15) is 0 Å².